The number of hydrogen-bond donors (Lipinski definition) is 0. The summed E-state index contributed by atoms with van der Waals surface area (Å²) in [5.41, 5.74) is 2.40. The second-order valence-electron chi connectivity index (χ2n) is 4.97. The summed E-state index contributed by atoms with van der Waals surface area (Å²) in [5.74, 6) is 2.75. The average molecular weight is 349 g/mol. The summed E-state index contributed by atoms with van der Waals surface area (Å²) in [6, 6.07) is 14.2. The zero-order valence-electron chi connectivity index (χ0n) is 12.0. The van der Waals surface area contributed by atoms with E-state index in [1.165, 1.54) is 5.56 Å². The van der Waals surface area contributed by atoms with Crippen molar-refractivity contribution in [2.75, 3.05) is 20.8 Å². The van der Waals surface area contributed by atoms with Crippen LogP contribution in [-0.2, 0) is 0 Å². The Kier molecular flexibility index (Phi) is 4.06. The number of alkyl halides is 1. The molecule has 0 radical (unpaired) electrons. The van der Waals surface area contributed by atoms with Crippen molar-refractivity contribution in [3.05, 3.63) is 53.6 Å². The monoisotopic (exact) mass is 348 g/mol. The first-order valence-corrected chi connectivity index (χ1v) is 7.74. The van der Waals surface area contributed by atoms with Gasteiger partial charge in [-0.3, -0.25) is 0 Å². The maximum atomic E-state index is 5.77. The van der Waals surface area contributed by atoms with Gasteiger partial charge in [-0.25, -0.2) is 0 Å². The summed E-state index contributed by atoms with van der Waals surface area (Å²) < 4.78 is 16.4. The predicted molar refractivity (Wildman–Crippen MR) is 85.9 cm³/mol. The first-order valence-electron chi connectivity index (χ1n) is 6.82. The zero-order valence-corrected chi connectivity index (χ0v) is 13.6. The molecule has 1 heterocycles. The largest absolute Gasteiger partial charge is 0.493 e. The molecule has 0 saturated carbocycles. The number of fused-ring (bicyclic) bond motifs is 1. The van der Waals surface area contributed by atoms with Crippen LogP contribution in [0.2, 0.25) is 0 Å². The van der Waals surface area contributed by atoms with Crippen LogP contribution in [0, 0.1) is 0 Å². The van der Waals surface area contributed by atoms with Crippen molar-refractivity contribution in [2.45, 2.75) is 10.7 Å². The Hall–Kier alpha value is -1.68. The normalized spacial score (nSPS) is 17.8. The highest BCUT2D eigenvalue weighted by molar-refractivity contribution is 9.09. The molecule has 0 amide bonds. The van der Waals surface area contributed by atoms with E-state index in [1.807, 2.05) is 24.3 Å². The van der Waals surface area contributed by atoms with Crippen molar-refractivity contribution in [3.63, 3.8) is 0 Å². The number of ether oxygens (including phenoxy) is 3. The van der Waals surface area contributed by atoms with Crippen LogP contribution in [0.5, 0.6) is 17.2 Å². The van der Waals surface area contributed by atoms with Crippen molar-refractivity contribution in [1.29, 1.82) is 0 Å². The van der Waals surface area contributed by atoms with Gasteiger partial charge in [0.1, 0.15) is 5.75 Å². The van der Waals surface area contributed by atoms with Gasteiger partial charge in [0.15, 0.2) is 11.5 Å². The molecular formula is C17H17BrO3. The highest BCUT2D eigenvalue weighted by Gasteiger charge is 2.31. The summed E-state index contributed by atoms with van der Waals surface area (Å²) in [6.07, 6.45) is 0. The van der Waals surface area contributed by atoms with Gasteiger partial charge in [0.2, 0.25) is 0 Å². The molecule has 0 saturated heterocycles. The molecule has 1 aliphatic rings. The molecule has 4 heteroatoms. The van der Waals surface area contributed by atoms with Gasteiger partial charge < -0.3 is 14.2 Å². The lowest BCUT2D eigenvalue weighted by molar-refractivity contribution is 0.329. The van der Waals surface area contributed by atoms with Gasteiger partial charge in [-0.05, 0) is 23.8 Å². The lowest BCUT2D eigenvalue weighted by atomic mass is 9.93. The number of methoxy groups -OCH3 is 2. The fourth-order valence-corrected chi connectivity index (χ4v) is 3.41. The lowest BCUT2D eigenvalue weighted by Crippen LogP contribution is -2.08. The number of hydrogen-bond acceptors (Lipinski definition) is 3. The van der Waals surface area contributed by atoms with Gasteiger partial charge in [-0.2, -0.15) is 0 Å². The molecule has 3 nitrogen and oxygen atoms in total. The van der Waals surface area contributed by atoms with E-state index in [1.54, 1.807) is 14.2 Å². The van der Waals surface area contributed by atoms with Crippen molar-refractivity contribution in [2.24, 2.45) is 0 Å². The molecule has 2 aromatic carbocycles. The minimum absolute atomic E-state index is 0.168. The minimum Gasteiger partial charge on any atom is -0.493 e. The molecule has 2 atom stereocenters. The molecule has 0 N–H and O–H groups in total. The van der Waals surface area contributed by atoms with E-state index >= 15 is 0 Å². The molecule has 2 unspecified atom stereocenters. The number of rotatable bonds is 4. The maximum Gasteiger partial charge on any atom is 0.161 e. The Labute approximate surface area is 133 Å². The average Bonchev–Trinajstić information content (AvgIpc) is 2.97. The van der Waals surface area contributed by atoms with Crippen LogP contribution in [0.25, 0.3) is 0 Å². The molecule has 0 aromatic heterocycles. The highest BCUT2D eigenvalue weighted by Crippen LogP contribution is 2.46. The second-order valence-corrected chi connectivity index (χ2v) is 5.96. The fourth-order valence-electron chi connectivity index (χ4n) is 2.69. The summed E-state index contributed by atoms with van der Waals surface area (Å²) >= 11 is 3.82. The first-order chi connectivity index (χ1) is 10.2. The molecule has 2 aromatic rings. The van der Waals surface area contributed by atoms with Crippen molar-refractivity contribution >= 4 is 15.9 Å². The van der Waals surface area contributed by atoms with Gasteiger partial charge in [-0.1, -0.05) is 40.2 Å². The quantitative estimate of drug-likeness (QED) is 0.770. The SMILES string of the molecule is COc1ccc(C(Br)C2COc3ccccc32)cc1OC. The Morgan fingerprint density at radius 3 is 2.62 bits per heavy atom. The minimum atomic E-state index is 0.168. The first kappa shape index (κ1) is 14.3. The van der Waals surface area contributed by atoms with Gasteiger partial charge in [-0.15, -0.1) is 0 Å². The molecule has 0 aliphatic carbocycles. The van der Waals surface area contributed by atoms with E-state index in [0.717, 1.165) is 22.8 Å². The van der Waals surface area contributed by atoms with Gasteiger partial charge in [0.05, 0.1) is 20.8 Å². The number of benzene rings is 2. The van der Waals surface area contributed by atoms with E-state index in [-0.39, 0.29) is 4.83 Å². The Balaban J connectivity index is 1.91. The standard InChI is InChI=1S/C17H17BrO3/c1-19-15-8-7-11(9-16(15)20-2)17(18)13-10-21-14-6-4-3-5-12(13)14/h3-9,13,17H,10H2,1-2H3. The zero-order chi connectivity index (χ0) is 14.8. The molecule has 0 spiro atoms. The molecule has 110 valence electrons. The maximum absolute atomic E-state index is 5.77. The van der Waals surface area contributed by atoms with E-state index in [0.29, 0.717) is 12.5 Å². The third-order valence-corrected chi connectivity index (χ3v) is 4.98. The van der Waals surface area contributed by atoms with E-state index in [4.69, 9.17) is 14.2 Å². The Morgan fingerprint density at radius 2 is 1.86 bits per heavy atom. The van der Waals surface area contributed by atoms with Crippen LogP contribution in [0.1, 0.15) is 21.9 Å². The summed E-state index contributed by atoms with van der Waals surface area (Å²) in [7, 11) is 3.29. The summed E-state index contributed by atoms with van der Waals surface area (Å²) in [4.78, 5) is 0.168. The predicted octanol–water partition coefficient (Wildman–Crippen LogP) is 4.32. The Bertz CT molecular complexity index is 642. The third-order valence-electron chi connectivity index (χ3n) is 3.82. The van der Waals surface area contributed by atoms with Gasteiger partial charge in [0, 0.05) is 16.3 Å². The van der Waals surface area contributed by atoms with Crippen molar-refractivity contribution < 1.29 is 14.2 Å². The van der Waals surface area contributed by atoms with E-state index < -0.39 is 0 Å². The molecule has 1 aliphatic heterocycles. The Morgan fingerprint density at radius 1 is 1.10 bits per heavy atom. The third kappa shape index (κ3) is 2.60. The molecule has 0 bridgehead atoms. The molecule has 0 fully saturated rings. The summed E-state index contributed by atoms with van der Waals surface area (Å²) in [5, 5.41) is 0. The van der Waals surface area contributed by atoms with Crippen molar-refractivity contribution in [1.82, 2.24) is 0 Å². The van der Waals surface area contributed by atoms with Crippen LogP contribution >= 0.6 is 15.9 Å². The lowest BCUT2D eigenvalue weighted by Gasteiger charge is -2.18. The fraction of sp³-hybridized carbons (Fsp3) is 0.294. The highest BCUT2D eigenvalue weighted by atomic mass is 79.9. The molecular weight excluding hydrogens is 332 g/mol. The van der Waals surface area contributed by atoms with Crippen LogP contribution < -0.4 is 14.2 Å². The van der Waals surface area contributed by atoms with E-state index in [2.05, 4.69) is 34.1 Å². The molecule has 21 heavy (non-hydrogen) atoms. The number of halogens is 1. The number of para-hydroxylation sites is 1. The van der Waals surface area contributed by atoms with E-state index in [9.17, 15) is 0 Å². The van der Waals surface area contributed by atoms with Crippen LogP contribution in [0.15, 0.2) is 42.5 Å². The van der Waals surface area contributed by atoms with Crippen LogP contribution in [-0.4, -0.2) is 20.8 Å². The van der Waals surface area contributed by atoms with Gasteiger partial charge in [0.25, 0.3) is 0 Å². The van der Waals surface area contributed by atoms with Crippen LogP contribution in [0.3, 0.4) is 0 Å². The van der Waals surface area contributed by atoms with Crippen molar-refractivity contribution in [3.8, 4) is 17.2 Å². The topological polar surface area (TPSA) is 27.7 Å². The van der Waals surface area contributed by atoms with Crippen LogP contribution in [0.4, 0.5) is 0 Å². The summed E-state index contributed by atoms with van der Waals surface area (Å²) in [6.45, 7) is 0.684. The smallest absolute Gasteiger partial charge is 0.161 e. The van der Waals surface area contributed by atoms with Gasteiger partial charge >= 0.3 is 0 Å². The molecule has 3 rings (SSSR count). The second kappa shape index (κ2) is 5.98.